The summed E-state index contributed by atoms with van der Waals surface area (Å²) in [7, 11) is 1.32. The molecule has 0 fully saturated rings. The van der Waals surface area contributed by atoms with Crippen molar-refractivity contribution in [1.82, 2.24) is 9.97 Å². The summed E-state index contributed by atoms with van der Waals surface area (Å²) in [4.78, 5) is 7.86. The van der Waals surface area contributed by atoms with Crippen LogP contribution in [0.2, 0.25) is 0 Å². The van der Waals surface area contributed by atoms with Crippen molar-refractivity contribution < 1.29 is 26.9 Å². The highest BCUT2D eigenvalue weighted by Gasteiger charge is 2.30. The maximum atomic E-state index is 13.1. The molecule has 0 saturated carbocycles. The van der Waals surface area contributed by atoms with Gasteiger partial charge in [-0.2, -0.15) is 13.2 Å². The Hall–Kier alpha value is -3.59. The Balaban J connectivity index is 1.77. The number of aromatic amines is 1. The van der Waals surface area contributed by atoms with Crippen molar-refractivity contribution in [2.24, 2.45) is 0 Å². The van der Waals surface area contributed by atoms with Crippen LogP contribution >= 0.6 is 0 Å². The summed E-state index contributed by atoms with van der Waals surface area (Å²) in [6, 6.07) is 18.7. The fraction of sp³-hybridized carbons (Fsp3) is 0.125. The van der Waals surface area contributed by atoms with Crippen LogP contribution in [0.5, 0.6) is 11.5 Å². The Morgan fingerprint density at radius 3 is 1.79 bits per heavy atom. The number of hydrogen-bond acceptors (Lipinski definition) is 4. The van der Waals surface area contributed by atoms with Crippen LogP contribution in [0.15, 0.2) is 82.8 Å². The van der Waals surface area contributed by atoms with Crippen molar-refractivity contribution in [1.29, 1.82) is 0 Å². The van der Waals surface area contributed by atoms with Gasteiger partial charge < -0.3 is 14.5 Å². The minimum atomic E-state index is -4.46. The van der Waals surface area contributed by atoms with E-state index in [2.05, 4.69) is 9.97 Å². The van der Waals surface area contributed by atoms with Gasteiger partial charge in [0.25, 0.3) is 0 Å². The molecular formula is C24H19F3N2O3S. The molecule has 1 heterocycles. The SMILES string of the molecule is COc1ccc(-c2nc(S(=O)c3ccc(C(F)(F)F)cc3)[nH]c2-c2ccc(OC)cc2)cc1. The zero-order valence-electron chi connectivity index (χ0n) is 17.6. The van der Waals surface area contributed by atoms with Gasteiger partial charge in [-0.25, -0.2) is 9.19 Å². The number of benzene rings is 3. The molecule has 0 spiro atoms. The smallest absolute Gasteiger partial charge is 0.416 e. The molecule has 1 N–H and O–H groups in total. The number of aromatic nitrogens is 2. The summed E-state index contributed by atoms with van der Waals surface area (Å²) in [6.07, 6.45) is -4.46. The third kappa shape index (κ3) is 4.78. The molecule has 0 amide bonds. The maximum Gasteiger partial charge on any atom is 0.416 e. The van der Waals surface area contributed by atoms with Crippen LogP contribution in [-0.2, 0) is 17.0 Å². The van der Waals surface area contributed by atoms with Crippen LogP contribution in [-0.4, -0.2) is 28.4 Å². The summed E-state index contributed by atoms with van der Waals surface area (Å²) in [5.41, 5.74) is 1.91. The molecule has 0 aliphatic rings. The number of nitrogens with zero attached hydrogens (tertiary/aromatic N) is 1. The van der Waals surface area contributed by atoms with Crippen LogP contribution in [0.1, 0.15) is 5.56 Å². The van der Waals surface area contributed by atoms with Crippen molar-refractivity contribution in [2.75, 3.05) is 14.2 Å². The third-order valence-electron chi connectivity index (χ3n) is 5.00. The summed E-state index contributed by atoms with van der Waals surface area (Å²) in [5, 5.41) is 0.131. The van der Waals surface area contributed by atoms with Gasteiger partial charge in [-0.05, 0) is 72.8 Å². The molecule has 9 heteroatoms. The topological polar surface area (TPSA) is 64.2 Å². The number of methoxy groups -OCH3 is 2. The van der Waals surface area contributed by atoms with Crippen molar-refractivity contribution in [3.05, 3.63) is 78.4 Å². The molecule has 170 valence electrons. The van der Waals surface area contributed by atoms with Crippen molar-refractivity contribution in [2.45, 2.75) is 16.2 Å². The molecule has 3 aromatic carbocycles. The number of hydrogen-bond donors (Lipinski definition) is 1. The average molecular weight is 472 g/mol. The van der Waals surface area contributed by atoms with E-state index in [1.54, 1.807) is 38.5 Å². The van der Waals surface area contributed by atoms with E-state index in [1.165, 1.54) is 12.1 Å². The second-order valence-electron chi connectivity index (χ2n) is 7.01. The number of nitrogens with one attached hydrogen (secondary N) is 1. The van der Waals surface area contributed by atoms with Crippen LogP contribution in [0, 0.1) is 0 Å². The van der Waals surface area contributed by atoms with Crippen molar-refractivity contribution >= 4 is 10.8 Å². The monoisotopic (exact) mass is 472 g/mol. The van der Waals surface area contributed by atoms with Crippen LogP contribution in [0.25, 0.3) is 22.5 Å². The van der Waals surface area contributed by atoms with E-state index in [0.29, 0.717) is 22.9 Å². The molecule has 0 aliphatic heterocycles. The van der Waals surface area contributed by atoms with Gasteiger partial charge in [-0.1, -0.05) is 0 Å². The van der Waals surface area contributed by atoms with Gasteiger partial charge in [0.2, 0.25) is 5.16 Å². The quantitative estimate of drug-likeness (QED) is 0.377. The highest BCUT2D eigenvalue weighted by molar-refractivity contribution is 7.85. The highest BCUT2D eigenvalue weighted by Crippen LogP contribution is 2.34. The van der Waals surface area contributed by atoms with Crippen LogP contribution in [0.3, 0.4) is 0 Å². The molecule has 0 aliphatic carbocycles. The van der Waals surface area contributed by atoms with E-state index < -0.39 is 22.5 Å². The molecule has 4 aromatic rings. The van der Waals surface area contributed by atoms with E-state index in [-0.39, 0.29) is 10.1 Å². The standard InChI is InChI=1S/C24H19F3N2O3S/c1-31-18-9-3-15(4-10-18)21-22(16-5-11-19(32-2)12-6-16)29-23(28-21)33(30)20-13-7-17(8-14-20)24(25,26)27/h3-14H,1-2H3,(H,28,29). The molecule has 5 nitrogen and oxygen atoms in total. The first kappa shape index (κ1) is 22.6. The number of H-pyrrole nitrogens is 1. The lowest BCUT2D eigenvalue weighted by atomic mass is 10.0. The zero-order chi connectivity index (χ0) is 23.6. The van der Waals surface area contributed by atoms with Crippen molar-refractivity contribution in [3.63, 3.8) is 0 Å². The van der Waals surface area contributed by atoms with Gasteiger partial charge in [0.05, 0.1) is 31.2 Å². The maximum absolute atomic E-state index is 13.1. The van der Waals surface area contributed by atoms with Gasteiger partial charge in [0.1, 0.15) is 22.3 Å². The molecular weight excluding hydrogens is 453 g/mol. The fourth-order valence-electron chi connectivity index (χ4n) is 3.24. The lowest BCUT2D eigenvalue weighted by Gasteiger charge is -2.06. The van der Waals surface area contributed by atoms with E-state index in [0.717, 1.165) is 23.3 Å². The Labute approximate surface area is 190 Å². The normalized spacial score (nSPS) is 12.4. The average Bonchev–Trinajstić information content (AvgIpc) is 3.28. The Morgan fingerprint density at radius 2 is 1.30 bits per heavy atom. The zero-order valence-corrected chi connectivity index (χ0v) is 18.5. The van der Waals surface area contributed by atoms with Crippen LogP contribution in [0.4, 0.5) is 13.2 Å². The summed E-state index contributed by atoms with van der Waals surface area (Å²) in [5.74, 6) is 1.35. The molecule has 1 unspecified atom stereocenters. The molecule has 4 rings (SSSR count). The van der Waals surface area contributed by atoms with E-state index in [9.17, 15) is 17.4 Å². The second kappa shape index (κ2) is 9.11. The molecule has 0 radical (unpaired) electrons. The predicted molar refractivity (Wildman–Crippen MR) is 119 cm³/mol. The number of halogens is 3. The number of alkyl halides is 3. The lowest BCUT2D eigenvalue weighted by molar-refractivity contribution is -0.137. The van der Waals surface area contributed by atoms with Gasteiger partial charge in [0.15, 0.2) is 0 Å². The third-order valence-corrected chi connectivity index (χ3v) is 6.24. The molecule has 33 heavy (non-hydrogen) atoms. The van der Waals surface area contributed by atoms with Crippen LogP contribution < -0.4 is 9.47 Å². The van der Waals surface area contributed by atoms with Gasteiger partial charge in [0, 0.05) is 16.0 Å². The lowest BCUT2D eigenvalue weighted by Crippen LogP contribution is -2.05. The highest BCUT2D eigenvalue weighted by atomic mass is 32.2. The van der Waals surface area contributed by atoms with Gasteiger partial charge >= 0.3 is 6.18 Å². The number of rotatable bonds is 6. The fourth-order valence-corrected chi connectivity index (χ4v) is 4.22. The summed E-state index contributed by atoms with van der Waals surface area (Å²) in [6.45, 7) is 0. The Morgan fingerprint density at radius 1 is 0.788 bits per heavy atom. The van der Waals surface area contributed by atoms with Crippen molar-refractivity contribution in [3.8, 4) is 34.0 Å². The number of imidazole rings is 1. The first-order valence-corrected chi connectivity index (χ1v) is 10.9. The second-order valence-corrected chi connectivity index (χ2v) is 8.41. The van der Waals surface area contributed by atoms with E-state index in [4.69, 9.17) is 9.47 Å². The largest absolute Gasteiger partial charge is 0.497 e. The summed E-state index contributed by atoms with van der Waals surface area (Å²) < 4.78 is 62.2. The minimum absolute atomic E-state index is 0.131. The molecule has 0 bridgehead atoms. The molecule has 1 aromatic heterocycles. The Bertz CT molecular complexity index is 1200. The van der Waals surface area contributed by atoms with Gasteiger partial charge in [-0.3, -0.25) is 0 Å². The molecule has 1 atom stereocenters. The van der Waals surface area contributed by atoms with E-state index in [1.807, 2.05) is 24.3 Å². The van der Waals surface area contributed by atoms with E-state index >= 15 is 0 Å². The predicted octanol–water partition coefficient (Wildman–Crippen LogP) is 5.95. The summed E-state index contributed by atoms with van der Waals surface area (Å²) >= 11 is 0. The first-order chi connectivity index (χ1) is 15.8. The Kier molecular flexibility index (Phi) is 6.24. The molecule has 0 saturated heterocycles. The first-order valence-electron chi connectivity index (χ1n) is 9.78. The minimum Gasteiger partial charge on any atom is -0.497 e. The van der Waals surface area contributed by atoms with Gasteiger partial charge in [-0.15, -0.1) is 0 Å². The number of ether oxygens (including phenoxy) is 2.